The first kappa shape index (κ1) is 9.24. The van der Waals surface area contributed by atoms with Gasteiger partial charge in [-0.05, 0) is 11.6 Å². The molecule has 0 saturated heterocycles. The molecule has 0 aliphatic carbocycles. The van der Waals surface area contributed by atoms with Crippen LogP contribution in [0.3, 0.4) is 0 Å². The summed E-state index contributed by atoms with van der Waals surface area (Å²) in [6, 6.07) is 8.05. The minimum atomic E-state index is -0.450. The van der Waals surface area contributed by atoms with E-state index in [1.165, 1.54) is 5.39 Å². The summed E-state index contributed by atoms with van der Waals surface area (Å²) in [6.07, 6.45) is 2.10. The quantitative estimate of drug-likeness (QED) is 0.677. The van der Waals surface area contributed by atoms with Gasteiger partial charge in [0.1, 0.15) is 0 Å². The second-order valence-electron chi connectivity index (χ2n) is 3.45. The van der Waals surface area contributed by atoms with E-state index in [-0.39, 0.29) is 0 Å². The van der Waals surface area contributed by atoms with Crippen LogP contribution in [0.25, 0.3) is 10.9 Å². The Morgan fingerprint density at radius 2 is 2.14 bits per heavy atom. The van der Waals surface area contributed by atoms with E-state index in [0.717, 1.165) is 11.1 Å². The molecule has 0 amide bonds. The van der Waals surface area contributed by atoms with Gasteiger partial charge in [0.2, 0.25) is 0 Å². The van der Waals surface area contributed by atoms with Gasteiger partial charge in [0, 0.05) is 30.1 Å². The fourth-order valence-corrected chi connectivity index (χ4v) is 1.64. The van der Waals surface area contributed by atoms with Gasteiger partial charge in [-0.25, -0.2) is 0 Å². The smallest absolute Gasteiger partial charge is 0.0703 e. The Balaban J connectivity index is 2.33. The monoisotopic (exact) mass is 190 g/mol. The zero-order valence-electron chi connectivity index (χ0n) is 7.90. The first-order valence-corrected chi connectivity index (χ1v) is 4.74. The third-order valence-corrected chi connectivity index (χ3v) is 2.40. The fraction of sp³-hybridized carbons (Fsp3) is 0.273. The summed E-state index contributed by atoms with van der Waals surface area (Å²) in [5.74, 6) is 0. The molecule has 4 N–H and O–H groups in total. The summed E-state index contributed by atoms with van der Waals surface area (Å²) in [7, 11) is 0. The maximum Gasteiger partial charge on any atom is 0.0703 e. The van der Waals surface area contributed by atoms with Gasteiger partial charge < -0.3 is 15.8 Å². The number of para-hydroxylation sites is 1. The molecule has 0 unspecified atom stereocenters. The highest BCUT2D eigenvalue weighted by atomic mass is 16.3. The lowest BCUT2D eigenvalue weighted by atomic mass is 10.1. The second-order valence-corrected chi connectivity index (χ2v) is 3.45. The maximum atomic E-state index is 9.45. The standard InChI is InChI=1S/C11H14N2O/c12-6-9(14)5-8-7-13-11-4-2-1-3-10(8)11/h1-4,7,9,13-14H,5-6,12H2/t9-/m0/s1. The Morgan fingerprint density at radius 1 is 1.36 bits per heavy atom. The van der Waals surface area contributed by atoms with E-state index in [1.54, 1.807) is 0 Å². The topological polar surface area (TPSA) is 62.0 Å². The lowest BCUT2D eigenvalue weighted by Crippen LogP contribution is -2.21. The Kier molecular flexibility index (Phi) is 2.52. The number of hydrogen-bond donors (Lipinski definition) is 3. The third kappa shape index (κ3) is 1.64. The summed E-state index contributed by atoms with van der Waals surface area (Å²) >= 11 is 0. The van der Waals surface area contributed by atoms with E-state index in [4.69, 9.17) is 5.73 Å². The van der Waals surface area contributed by atoms with Crippen molar-refractivity contribution in [2.75, 3.05) is 6.54 Å². The Hall–Kier alpha value is -1.32. The molecule has 2 aromatic rings. The molecule has 0 saturated carbocycles. The second kappa shape index (κ2) is 3.82. The van der Waals surface area contributed by atoms with Gasteiger partial charge >= 0.3 is 0 Å². The third-order valence-electron chi connectivity index (χ3n) is 2.40. The number of aliphatic hydroxyl groups excluding tert-OH is 1. The SMILES string of the molecule is NC[C@@H](O)Cc1c[nH]c2ccccc12. The van der Waals surface area contributed by atoms with Crippen LogP contribution >= 0.6 is 0 Å². The molecular weight excluding hydrogens is 176 g/mol. The van der Waals surface area contributed by atoms with Gasteiger partial charge in [-0.3, -0.25) is 0 Å². The van der Waals surface area contributed by atoms with Gasteiger partial charge in [0.15, 0.2) is 0 Å². The number of H-pyrrole nitrogens is 1. The molecule has 0 radical (unpaired) electrons. The maximum absolute atomic E-state index is 9.45. The van der Waals surface area contributed by atoms with Crippen molar-refractivity contribution in [3.05, 3.63) is 36.0 Å². The average molecular weight is 190 g/mol. The van der Waals surface area contributed by atoms with Crippen LogP contribution in [0.1, 0.15) is 5.56 Å². The van der Waals surface area contributed by atoms with Gasteiger partial charge in [0.05, 0.1) is 6.10 Å². The van der Waals surface area contributed by atoms with E-state index in [1.807, 2.05) is 30.5 Å². The van der Waals surface area contributed by atoms with Crippen LogP contribution in [0.2, 0.25) is 0 Å². The molecular formula is C11H14N2O. The predicted octanol–water partition coefficient (Wildman–Crippen LogP) is 1.03. The summed E-state index contributed by atoms with van der Waals surface area (Å²) in [5.41, 5.74) is 7.60. The van der Waals surface area contributed by atoms with Crippen LogP contribution in [-0.4, -0.2) is 22.7 Å². The molecule has 0 aliphatic heterocycles. The molecule has 2 rings (SSSR count). The van der Waals surface area contributed by atoms with E-state index in [9.17, 15) is 5.11 Å². The van der Waals surface area contributed by atoms with Crippen molar-refractivity contribution in [2.45, 2.75) is 12.5 Å². The summed E-state index contributed by atoms with van der Waals surface area (Å²) in [4.78, 5) is 3.17. The van der Waals surface area contributed by atoms with E-state index in [0.29, 0.717) is 13.0 Å². The number of aliphatic hydroxyl groups is 1. The summed E-state index contributed by atoms with van der Waals surface area (Å²) in [5, 5.41) is 10.6. The van der Waals surface area contributed by atoms with E-state index in [2.05, 4.69) is 4.98 Å². The number of aromatic amines is 1. The number of fused-ring (bicyclic) bond motifs is 1. The lowest BCUT2D eigenvalue weighted by molar-refractivity contribution is 0.184. The molecule has 1 atom stereocenters. The van der Waals surface area contributed by atoms with Crippen LogP contribution in [0, 0.1) is 0 Å². The summed E-state index contributed by atoms with van der Waals surface area (Å²) < 4.78 is 0. The highest BCUT2D eigenvalue weighted by Gasteiger charge is 2.07. The van der Waals surface area contributed by atoms with Crippen molar-refractivity contribution >= 4 is 10.9 Å². The molecule has 3 nitrogen and oxygen atoms in total. The van der Waals surface area contributed by atoms with Crippen molar-refractivity contribution in [1.82, 2.24) is 4.98 Å². The van der Waals surface area contributed by atoms with Gasteiger partial charge in [-0.2, -0.15) is 0 Å². The molecule has 0 aliphatic rings. The molecule has 1 heterocycles. The molecule has 0 bridgehead atoms. The number of benzene rings is 1. The van der Waals surface area contributed by atoms with E-state index >= 15 is 0 Å². The average Bonchev–Trinajstić information content (AvgIpc) is 2.62. The Morgan fingerprint density at radius 3 is 2.93 bits per heavy atom. The number of rotatable bonds is 3. The van der Waals surface area contributed by atoms with Crippen molar-refractivity contribution in [2.24, 2.45) is 5.73 Å². The number of nitrogens with two attached hydrogens (primary N) is 1. The van der Waals surface area contributed by atoms with Crippen LogP contribution in [0.5, 0.6) is 0 Å². The van der Waals surface area contributed by atoms with Crippen LogP contribution in [0.4, 0.5) is 0 Å². The molecule has 0 fully saturated rings. The van der Waals surface area contributed by atoms with Crippen molar-refractivity contribution in [3.8, 4) is 0 Å². The molecule has 3 heteroatoms. The van der Waals surface area contributed by atoms with Crippen molar-refractivity contribution in [3.63, 3.8) is 0 Å². The predicted molar refractivity (Wildman–Crippen MR) is 57.1 cm³/mol. The highest BCUT2D eigenvalue weighted by molar-refractivity contribution is 5.83. The van der Waals surface area contributed by atoms with Crippen LogP contribution < -0.4 is 5.73 Å². The zero-order chi connectivity index (χ0) is 9.97. The van der Waals surface area contributed by atoms with Gasteiger partial charge in [-0.15, -0.1) is 0 Å². The zero-order valence-corrected chi connectivity index (χ0v) is 7.90. The number of nitrogens with one attached hydrogen (secondary N) is 1. The van der Waals surface area contributed by atoms with E-state index < -0.39 is 6.10 Å². The molecule has 1 aromatic heterocycles. The number of aromatic nitrogens is 1. The Bertz CT molecular complexity index is 422. The van der Waals surface area contributed by atoms with Gasteiger partial charge in [0.25, 0.3) is 0 Å². The van der Waals surface area contributed by atoms with Crippen LogP contribution in [0.15, 0.2) is 30.5 Å². The normalized spacial score (nSPS) is 13.3. The summed E-state index contributed by atoms with van der Waals surface area (Å²) in [6.45, 7) is 0.305. The molecule has 1 aromatic carbocycles. The van der Waals surface area contributed by atoms with Gasteiger partial charge in [-0.1, -0.05) is 18.2 Å². The minimum Gasteiger partial charge on any atom is -0.391 e. The van der Waals surface area contributed by atoms with Crippen molar-refractivity contribution in [1.29, 1.82) is 0 Å². The minimum absolute atomic E-state index is 0.305. The van der Waals surface area contributed by atoms with Crippen molar-refractivity contribution < 1.29 is 5.11 Å². The molecule has 14 heavy (non-hydrogen) atoms. The Labute approximate surface area is 82.6 Å². The first-order valence-electron chi connectivity index (χ1n) is 4.74. The first-order chi connectivity index (χ1) is 6.81. The largest absolute Gasteiger partial charge is 0.391 e. The highest BCUT2D eigenvalue weighted by Crippen LogP contribution is 2.18. The molecule has 74 valence electrons. The number of hydrogen-bond acceptors (Lipinski definition) is 2. The molecule has 0 spiro atoms. The van der Waals surface area contributed by atoms with Crippen LogP contribution in [-0.2, 0) is 6.42 Å². The lowest BCUT2D eigenvalue weighted by Gasteiger charge is -2.05. The fourth-order valence-electron chi connectivity index (χ4n) is 1.64.